The molecule has 0 aromatic heterocycles. The van der Waals surface area contributed by atoms with E-state index in [1.807, 2.05) is 11.9 Å². The summed E-state index contributed by atoms with van der Waals surface area (Å²) in [5.74, 6) is 0.115. The second-order valence-corrected chi connectivity index (χ2v) is 9.07. The zero-order valence-corrected chi connectivity index (χ0v) is 18.7. The summed E-state index contributed by atoms with van der Waals surface area (Å²) >= 11 is 0. The molecule has 3 saturated heterocycles. The Morgan fingerprint density at radius 2 is 1.77 bits per heavy atom. The van der Waals surface area contributed by atoms with Crippen molar-refractivity contribution in [3.05, 3.63) is 0 Å². The number of carbonyl (C=O) groups excluding carboxylic acids is 1. The lowest BCUT2D eigenvalue weighted by Crippen LogP contribution is -2.54. The molecule has 0 aromatic carbocycles. The van der Waals surface area contributed by atoms with Gasteiger partial charge in [-0.15, -0.1) is 0 Å². The number of hydrogen-bond donors (Lipinski definition) is 3. The lowest BCUT2D eigenvalue weighted by molar-refractivity contribution is -0.137. The van der Waals surface area contributed by atoms with Crippen LogP contribution in [0.3, 0.4) is 0 Å². The van der Waals surface area contributed by atoms with E-state index in [0.29, 0.717) is 12.5 Å². The number of carbonyl (C=O) groups is 2. The van der Waals surface area contributed by atoms with E-state index in [9.17, 15) is 9.59 Å². The summed E-state index contributed by atoms with van der Waals surface area (Å²) in [7, 11) is 1.83. The van der Waals surface area contributed by atoms with Crippen LogP contribution in [0.1, 0.15) is 44.9 Å². The molecule has 0 bridgehead atoms. The molecule has 0 radical (unpaired) electrons. The van der Waals surface area contributed by atoms with Crippen LogP contribution >= 0.6 is 0 Å². The SMILES string of the molecule is CN1C(=O)OC(N2CCN(CCC(=O)O)CC2)C1CCCCC1CCN(C(=N)N)CC1. The van der Waals surface area contributed by atoms with Gasteiger partial charge in [-0.3, -0.25) is 15.1 Å². The number of unbranched alkanes of at least 4 members (excludes halogenated alkanes) is 1. The molecule has 3 aliphatic heterocycles. The number of nitrogens with two attached hydrogens (primary N) is 1. The molecule has 10 heteroatoms. The number of piperazine rings is 1. The number of nitrogens with one attached hydrogen (secondary N) is 1. The lowest BCUT2D eigenvalue weighted by Gasteiger charge is -2.38. The van der Waals surface area contributed by atoms with Crippen LogP contribution in [0.25, 0.3) is 0 Å². The fourth-order valence-electron chi connectivity index (χ4n) is 4.99. The molecular formula is C21H38N6O4. The van der Waals surface area contributed by atoms with Crippen molar-refractivity contribution in [3.63, 3.8) is 0 Å². The summed E-state index contributed by atoms with van der Waals surface area (Å²) in [6, 6.07) is 0.0672. The number of likely N-dealkylation sites (N-methyl/N-ethyl adjacent to an activating group) is 1. The van der Waals surface area contributed by atoms with Crippen molar-refractivity contribution in [3.8, 4) is 0 Å². The van der Waals surface area contributed by atoms with Gasteiger partial charge in [-0.05, 0) is 25.2 Å². The smallest absolute Gasteiger partial charge is 0.411 e. The number of cyclic esters (lactones) is 1. The molecule has 2 atom stereocenters. The zero-order valence-electron chi connectivity index (χ0n) is 18.7. The normalized spacial score (nSPS) is 26.3. The molecule has 3 rings (SSSR count). The summed E-state index contributed by atoms with van der Waals surface area (Å²) in [5, 5.41) is 16.4. The van der Waals surface area contributed by atoms with Crippen molar-refractivity contribution >= 4 is 18.0 Å². The molecule has 0 spiro atoms. The van der Waals surface area contributed by atoms with Gasteiger partial charge in [0.15, 0.2) is 12.2 Å². The molecule has 1 amide bonds. The van der Waals surface area contributed by atoms with Gasteiger partial charge in [0.05, 0.1) is 12.5 Å². The average Bonchev–Trinajstić information content (AvgIpc) is 3.04. The molecule has 10 nitrogen and oxygen atoms in total. The van der Waals surface area contributed by atoms with Gasteiger partial charge < -0.3 is 30.3 Å². The third-order valence-corrected chi connectivity index (χ3v) is 7.06. The second-order valence-electron chi connectivity index (χ2n) is 9.07. The van der Waals surface area contributed by atoms with Crippen LogP contribution in [0.2, 0.25) is 0 Å². The maximum Gasteiger partial charge on any atom is 0.411 e. The van der Waals surface area contributed by atoms with Gasteiger partial charge in [0.25, 0.3) is 0 Å². The fraction of sp³-hybridized carbons (Fsp3) is 0.857. The summed E-state index contributed by atoms with van der Waals surface area (Å²) in [5.41, 5.74) is 5.57. The van der Waals surface area contributed by atoms with Crippen LogP contribution in [0.4, 0.5) is 4.79 Å². The van der Waals surface area contributed by atoms with E-state index >= 15 is 0 Å². The predicted molar refractivity (Wildman–Crippen MR) is 117 cm³/mol. The first kappa shape index (κ1) is 23.6. The molecule has 3 heterocycles. The zero-order chi connectivity index (χ0) is 22.4. The number of piperidine rings is 1. The van der Waals surface area contributed by atoms with Crippen LogP contribution in [-0.2, 0) is 9.53 Å². The third kappa shape index (κ3) is 6.46. The van der Waals surface area contributed by atoms with Crippen LogP contribution in [0.15, 0.2) is 0 Å². The Bertz CT molecular complexity index is 631. The Hall–Kier alpha value is -2.07. The van der Waals surface area contributed by atoms with E-state index in [1.54, 1.807) is 4.90 Å². The third-order valence-electron chi connectivity index (χ3n) is 7.06. The number of likely N-dealkylation sites (tertiary alicyclic amines) is 1. The first-order valence-corrected chi connectivity index (χ1v) is 11.6. The van der Waals surface area contributed by atoms with E-state index in [1.165, 1.54) is 6.42 Å². The standard InChI is InChI=1S/C21H38N6O4/c1-24-17(5-3-2-4-16-6-10-27(11-7-16)20(22)23)19(31-21(24)30)26-14-12-25(13-15-26)9-8-18(28)29/h16-17,19H,2-15H2,1H3,(H3,22,23)(H,28,29). The fourth-order valence-corrected chi connectivity index (χ4v) is 4.99. The largest absolute Gasteiger partial charge is 0.481 e. The van der Waals surface area contributed by atoms with Gasteiger partial charge in [0.1, 0.15) is 0 Å². The van der Waals surface area contributed by atoms with Crippen molar-refractivity contribution in [2.45, 2.75) is 57.2 Å². The van der Waals surface area contributed by atoms with E-state index in [0.717, 1.165) is 71.4 Å². The molecule has 3 aliphatic rings. The summed E-state index contributed by atoms with van der Waals surface area (Å²) in [4.78, 5) is 31.1. The summed E-state index contributed by atoms with van der Waals surface area (Å²) < 4.78 is 5.70. The molecule has 0 aliphatic carbocycles. The number of carboxylic acids is 1. The van der Waals surface area contributed by atoms with Crippen LogP contribution in [-0.4, -0.2) is 108 Å². The Kier molecular flexibility index (Phi) is 8.36. The van der Waals surface area contributed by atoms with Crippen LogP contribution in [0.5, 0.6) is 0 Å². The minimum Gasteiger partial charge on any atom is -0.481 e. The number of hydrogen-bond acceptors (Lipinski definition) is 6. The van der Waals surface area contributed by atoms with E-state index in [2.05, 4.69) is 9.80 Å². The number of rotatable bonds is 9. The maximum atomic E-state index is 12.2. The van der Waals surface area contributed by atoms with Gasteiger partial charge in [0.2, 0.25) is 0 Å². The average molecular weight is 439 g/mol. The van der Waals surface area contributed by atoms with Gasteiger partial charge in [-0.1, -0.05) is 19.3 Å². The number of amides is 1. The van der Waals surface area contributed by atoms with E-state index in [4.69, 9.17) is 21.0 Å². The van der Waals surface area contributed by atoms with Crippen molar-refractivity contribution in [2.24, 2.45) is 11.7 Å². The Morgan fingerprint density at radius 1 is 1.13 bits per heavy atom. The van der Waals surface area contributed by atoms with Gasteiger partial charge in [-0.2, -0.15) is 0 Å². The molecule has 0 saturated carbocycles. The minimum absolute atomic E-state index is 0.0672. The number of ether oxygens (including phenoxy) is 1. The first-order chi connectivity index (χ1) is 14.8. The highest BCUT2D eigenvalue weighted by molar-refractivity contribution is 5.74. The second kappa shape index (κ2) is 11.0. The maximum absolute atomic E-state index is 12.2. The number of nitrogens with zero attached hydrogens (tertiary/aromatic N) is 4. The van der Waals surface area contributed by atoms with Crippen LogP contribution in [0, 0.1) is 11.3 Å². The minimum atomic E-state index is -0.766. The molecule has 2 unspecified atom stereocenters. The number of aliphatic carboxylic acids is 1. The highest BCUT2D eigenvalue weighted by Gasteiger charge is 2.43. The number of carboxylic acid groups (broad SMARTS) is 1. The Labute approximate surface area is 184 Å². The highest BCUT2D eigenvalue weighted by atomic mass is 16.6. The number of guanidine groups is 1. The van der Waals surface area contributed by atoms with Gasteiger partial charge in [-0.25, -0.2) is 4.79 Å². The lowest BCUT2D eigenvalue weighted by atomic mass is 9.91. The molecule has 4 N–H and O–H groups in total. The predicted octanol–water partition coefficient (Wildman–Crippen LogP) is 1.02. The van der Waals surface area contributed by atoms with Crippen molar-refractivity contribution in [1.29, 1.82) is 5.41 Å². The first-order valence-electron chi connectivity index (χ1n) is 11.6. The van der Waals surface area contributed by atoms with Gasteiger partial charge >= 0.3 is 12.1 Å². The summed E-state index contributed by atoms with van der Waals surface area (Å²) in [6.45, 7) is 5.52. The summed E-state index contributed by atoms with van der Waals surface area (Å²) in [6.07, 6.45) is 6.21. The Balaban J connectivity index is 1.39. The molecule has 176 valence electrons. The quantitative estimate of drug-likeness (QED) is 0.277. The molecule has 3 fully saturated rings. The van der Waals surface area contributed by atoms with E-state index < -0.39 is 5.97 Å². The highest BCUT2D eigenvalue weighted by Crippen LogP contribution is 2.28. The Morgan fingerprint density at radius 3 is 2.39 bits per heavy atom. The molecule has 31 heavy (non-hydrogen) atoms. The van der Waals surface area contributed by atoms with Gasteiger partial charge in [0, 0.05) is 52.9 Å². The van der Waals surface area contributed by atoms with Crippen molar-refractivity contribution < 1.29 is 19.4 Å². The van der Waals surface area contributed by atoms with Crippen molar-refractivity contribution in [2.75, 3.05) is 52.9 Å². The molecule has 0 aromatic rings. The topological polar surface area (TPSA) is 126 Å². The van der Waals surface area contributed by atoms with Crippen molar-refractivity contribution in [1.82, 2.24) is 19.6 Å². The van der Waals surface area contributed by atoms with Crippen LogP contribution < -0.4 is 5.73 Å². The van der Waals surface area contributed by atoms with E-state index in [-0.39, 0.29) is 30.7 Å². The monoisotopic (exact) mass is 438 g/mol. The molecular weight excluding hydrogens is 400 g/mol.